The van der Waals surface area contributed by atoms with Crippen molar-refractivity contribution in [2.75, 3.05) is 23.7 Å². The van der Waals surface area contributed by atoms with Crippen LogP contribution < -0.4 is 9.62 Å². The zero-order valence-electron chi connectivity index (χ0n) is 19.0. The van der Waals surface area contributed by atoms with Crippen molar-refractivity contribution in [2.45, 2.75) is 17.7 Å². The molecule has 6 nitrogen and oxygen atoms in total. The SMILES string of the molecule is CN(C)c1cccc2c(S(=O)(=O)Nc3ccc(CCc4ccc(C(=O)O)cc4)cc3)cccc12. The van der Waals surface area contributed by atoms with Crippen molar-refractivity contribution < 1.29 is 18.3 Å². The number of hydrogen-bond donors (Lipinski definition) is 2. The quantitative estimate of drug-likeness (QED) is 0.367. The number of benzene rings is 4. The van der Waals surface area contributed by atoms with Gasteiger partial charge in [-0.2, -0.15) is 0 Å². The highest BCUT2D eigenvalue weighted by Gasteiger charge is 2.18. The van der Waals surface area contributed by atoms with Gasteiger partial charge in [0.2, 0.25) is 0 Å². The van der Waals surface area contributed by atoms with Gasteiger partial charge in [0, 0.05) is 36.2 Å². The molecule has 0 saturated carbocycles. The Morgan fingerprint density at radius 3 is 1.94 bits per heavy atom. The predicted molar refractivity (Wildman–Crippen MR) is 136 cm³/mol. The molecule has 0 aliphatic heterocycles. The van der Waals surface area contributed by atoms with Gasteiger partial charge in [-0.25, -0.2) is 13.2 Å². The van der Waals surface area contributed by atoms with Gasteiger partial charge in [-0.3, -0.25) is 4.72 Å². The van der Waals surface area contributed by atoms with Crippen LogP contribution in [0.5, 0.6) is 0 Å². The minimum atomic E-state index is -3.78. The van der Waals surface area contributed by atoms with E-state index < -0.39 is 16.0 Å². The molecule has 4 aromatic rings. The second-order valence-corrected chi connectivity index (χ2v) is 9.98. The monoisotopic (exact) mass is 474 g/mol. The molecule has 0 amide bonds. The first-order valence-corrected chi connectivity index (χ1v) is 12.4. The molecular formula is C27H26N2O4S. The minimum Gasteiger partial charge on any atom is -0.478 e. The van der Waals surface area contributed by atoms with Crippen LogP contribution in [0.4, 0.5) is 11.4 Å². The van der Waals surface area contributed by atoms with E-state index in [1.54, 1.807) is 36.4 Å². The van der Waals surface area contributed by atoms with Gasteiger partial charge in [-0.15, -0.1) is 0 Å². The molecule has 0 aliphatic rings. The molecule has 2 N–H and O–H groups in total. The van der Waals surface area contributed by atoms with Gasteiger partial charge in [0.15, 0.2) is 0 Å². The van der Waals surface area contributed by atoms with Crippen molar-refractivity contribution in [3.63, 3.8) is 0 Å². The molecule has 0 spiro atoms. The molecule has 174 valence electrons. The van der Waals surface area contributed by atoms with E-state index in [9.17, 15) is 13.2 Å². The molecule has 7 heteroatoms. The number of fused-ring (bicyclic) bond motifs is 1. The van der Waals surface area contributed by atoms with Crippen LogP contribution in [-0.4, -0.2) is 33.6 Å². The molecule has 0 unspecified atom stereocenters. The highest BCUT2D eigenvalue weighted by molar-refractivity contribution is 7.93. The van der Waals surface area contributed by atoms with E-state index in [2.05, 4.69) is 4.72 Å². The lowest BCUT2D eigenvalue weighted by Crippen LogP contribution is -2.14. The van der Waals surface area contributed by atoms with E-state index in [1.165, 1.54) is 0 Å². The van der Waals surface area contributed by atoms with Crippen LogP contribution >= 0.6 is 0 Å². The molecule has 0 aliphatic carbocycles. The third kappa shape index (κ3) is 5.05. The summed E-state index contributed by atoms with van der Waals surface area (Å²) in [5.41, 5.74) is 3.82. The number of sulfonamides is 1. The second-order valence-electron chi connectivity index (χ2n) is 8.33. The number of rotatable bonds is 8. The third-order valence-corrected chi connectivity index (χ3v) is 7.18. The first-order valence-electron chi connectivity index (χ1n) is 10.9. The Kier molecular flexibility index (Phi) is 6.56. The average Bonchev–Trinajstić information content (AvgIpc) is 2.82. The maximum Gasteiger partial charge on any atom is 0.335 e. The van der Waals surface area contributed by atoms with Gasteiger partial charge >= 0.3 is 5.97 Å². The Labute approximate surface area is 199 Å². The van der Waals surface area contributed by atoms with Gasteiger partial charge in [0.1, 0.15) is 0 Å². The Morgan fingerprint density at radius 1 is 0.794 bits per heavy atom. The number of aromatic carboxylic acids is 1. The Hall–Kier alpha value is -3.84. The lowest BCUT2D eigenvalue weighted by Gasteiger charge is -2.17. The van der Waals surface area contributed by atoms with Gasteiger partial charge in [-0.1, -0.05) is 48.5 Å². The normalized spacial score (nSPS) is 11.4. The van der Waals surface area contributed by atoms with Crippen LogP contribution in [0.1, 0.15) is 21.5 Å². The van der Waals surface area contributed by atoms with Gasteiger partial charge in [0.05, 0.1) is 10.5 Å². The van der Waals surface area contributed by atoms with Crippen molar-refractivity contribution >= 4 is 38.1 Å². The second kappa shape index (κ2) is 9.57. The summed E-state index contributed by atoms with van der Waals surface area (Å²) in [6.07, 6.45) is 1.52. The maximum absolute atomic E-state index is 13.2. The number of carbonyl (C=O) groups is 1. The lowest BCUT2D eigenvalue weighted by molar-refractivity contribution is 0.0697. The Bertz CT molecular complexity index is 1430. The number of carboxylic acids is 1. The Balaban J connectivity index is 1.49. The van der Waals surface area contributed by atoms with Crippen LogP contribution in [0, 0.1) is 0 Å². The summed E-state index contributed by atoms with van der Waals surface area (Å²) in [4.78, 5) is 13.2. The summed E-state index contributed by atoms with van der Waals surface area (Å²) in [6, 6.07) is 25.1. The molecule has 0 saturated heterocycles. The van der Waals surface area contributed by atoms with E-state index in [0.29, 0.717) is 11.1 Å². The third-order valence-electron chi connectivity index (χ3n) is 5.74. The summed E-state index contributed by atoms with van der Waals surface area (Å²) in [6.45, 7) is 0. The fraction of sp³-hybridized carbons (Fsp3) is 0.148. The van der Waals surface area contributed by atoms with E-state index >= 15 is 0 Å². The fourth-order valence-electron chi connectivity index (χ4n) is 3.94. The first kappa shape index (κ1) is 23.3. The number of nitrogens with zero attached hydrogens (tertiary/aromatic N) is 1. The highest BCUT2D eigenvalue weighted by Crippen LogP contribution is 2.31. The summed E-state index contributed by atoms with van der Waals surface area (Å²) in [5.74, 6) is -0.939. The van der Waals surface area contributed by atoms with Gasteiger partial charge in [0.25, 0.3) is 10.0 Å². The molecule has 34 heavy (non-hydrogen) atoms. The van der Waals surface area contributed by atoms with Crippen molar-refractivity contribution in [1.29, 1.82) is 0 Å². The number of anilines is 2. The molecule has 0 bridgehead atoms. The molecule has 0 heterocycles. The van der Waals surface area contributed by atoms with Crippen molar-refractivity contribution in [2.24, 2.45) is 0 Å². The number of carboxylic acid groups (broad SMARTS) is 1. The first-order chi connectivity index (χ1) is 16.2. The molecule has 0 radical (unpaired) electrons. The topological polar surface area (TPSA) is 86.7 Å². The summed E-state index contributed by atoms with van der Waals surface area (Å²) in [7, 11) is 0.0846. The largest absolute Gasteiger partial charge is 0.478 e. The van der Waals surface area contributed by atoms with E-state index in [1.807, 2.05) is 67.5 Å². The summed E-state index contributed by atoms with van der Waals surface area (Å²) in [5, 5.41) is 10.5. The van der Waals surface area contributed by atoms with E-state index in [0.717, 1.165) is 35.0 Å². The lowest BCUT2D eigenvalue weighted by atomic mass is 10.0. The average molecular weight is 475 g/mol. The fourth-order valence-corrected chi connectivity index (χ4v) is 5.22. The smallest absolute Gasteiger partial charge is 0.335 e. The zero-order valence-corrected chi connectivity index (χ0v) is 19.8. The molecule has 4 aromatic carbocycles. The molecule has 4 rings (SSSR count). The predicted octanol–water partition coefficient (Wildman–Crippen LogP) is 5.19. The van der Waals surface area contributed by atoms with Crippen LogP contribution in [0.15, 0.2) is 89.8 Å². The number of aryl methyl sites for hydroxylation is 2. The van der Waals surface area contributed by atoms with Crippen molar-refractivity contribution in [1.82, 2.24) is 0 Å². The van der Waals surface area contributed by atoms with Crippen LogP contribution in [-0.2, 0) is 22.9 Å². The molecule has 0 atom stereocenters. The maximum atomic E-state index is 13.2. The van der Waals surface area contributed by atoms with Gasteiger partial charge in [-0.05, 0) is 60.4 Å². The molecular weight excluding hydrogens is 448 g/mol. The van der Waals surface area contributed by atoms with Crippen molar-refractivity contribution in [3.05, 3.63) is 102 Å². The summed E-state index contributed by atoms with van der Waals surface area (Å²) < 4.78 is 29.1. The summed E-state index contributed by atoms with van der Waals surface area (Å²) >= 11 is 0. The molecule has 0 aromatic heterocycles. The molecule has 0 fully saturated rings. The number of nitrogens with one attached hydrogen (secondary N) is 1. The van der Waals surface area contributed by atoms with E-state index in [-0.39, 0.29) is 10.5 Å². The van der Waals surface area contributed by atoms with Crippen molar-refractivity contribution in [3.8, 4) is 0 Å². The standard InChI is InChI=1S/C27H26N2O4S/c1-29(2)25-7-3-6-24-23(25)5-4-8-26(24)34(32,33)28-22-17-13-20(14-18-22)10-9-19-11-15-21(16-12-19)27(30)31/h3-8,11-18,28H,9-10H2,1-2H3,(H,30,31). The van der Waals surface area contributed by atoms with Gasteiger partial charge < -0.3 is 10.0 Å². The van der Waals surface area contributed by atoms with Crippen LogP contribution in [0.25, 0.3) is 10.8 Å². The van der Waals surface area contributed by atoms with E-state index in [4.69, 9.17) is 5.11 Å². The minimum absolute atomic E-state index is 0.239. The number of hydrogen-bond acceptors (Lipinski definition) is 4. The zero-order chi connectivity index (χ0) is 24.3. The van der Waals surface area contributed by atoms with Crippen LogP contribution in [0.2, 0.25) is 0 Å². The van der Waals surface area contributed by atoms with Crippen LogP contribution in [0.3, 0.4) is 0 Å². The Morgan fingerprint density at radius 2 is 1.35 bits per heavy atom. The highest BCUT2D eigenvalue weighted by atomic mass is 32.2.